The summed E-state index contributed by atoms with van der Waals surface area (Å²) >= 11 is 0. The zero-order valence-electron chi connectivity index (χ0n) is 47.0. The van der Waals surface area contributed by atoms with Gasteiger partial charge in [0.05, 0.1) is 11.4 Å². The maximum absolute atomic E-state index is 7.04. The standard InChI is InChI=1S/C75H66N2O2/c1-45(2)53-29-19-31-58-60-33-21-35-65(71(60)78-69(53)58)76(49-23-13-11-14-24-49)51-38-37-47-42-63-64(43-48(47)41-51)75(73(5,6)7,74(8,9)10)68-57-40-39-52(44-62(57)55-27-17-18-28-56(55)67(63)68)77(50-25-15-12-16-26-50)66-36-22-34-61-59-32-20-30-54(46(3)4)70(59)79-72(61)66/h11-46H,1-10H3. The molecule has 0 fully saturated rings. The monoisotopic (exact) mass is 1030 g/mol. The molecule has 0 spiro atoms. The second kappa shape index (κ2) is 17.7. The molecule has 0 unspecified atom stereocenters. The molecule has 0 radical (unpaired) electrons. The van der Waals surface area contributed by atoms with Gasteiger partial charge >= 0.3 is 0 Å². The van der Waals surface area contributed by atoms with Gasteiger partial charge in [0, 0.05) is 49.7 Å². The molecule has 79 heavy (non-hydrogen) atoms. The Bertz CT molecular complexity index is 4570. The SMILES string of the molecule is CC(C)c1cccc2c1oc1c(N(c3ccccc3)c3ccc4cc5c(cc4c3)C(C(C)(C)C)(C(C)(C)C)c3c-5c4ccccc4c4cc(N(c5ccccc5)c5cccc6c5oc5c(C(C)C)cccc56)ccc34)cccc12. The molecule has 2 aromatic heterocycles. The van der Waals surface area contributed by atoms with E-state index >= 15 is 0 Å². The molecule has 388 valence electrons. The number of fused-ring (bicyclic) bond motifs is 15. The zero-order chi connectivity index (χ0) is 54.3. The van der Waals surface area contributed by atoms with E-state index in [2.05, 4.69) is 285 Å². The van der Waals surface area contributed by atoms with Crippen LogP contribution in [0.3, 0.4) is 0 Å². The maximum atomic E-state index is 7.04. The summed E-state index contributed by atoms with van der Waals surface area (Å²) in [6.45, 7) is 23.8. The van der Waals surface area contributed by atoms with E-state index in [1.54, 1.807) is 0 Å². The van der Waals surface area contributed by atoms with Crippen LogP contribution in [0.5, 0.6) is 0 Å². The Hall–Kier alpha value is -8.60. The molecular weight excluding hydrogens is 961 g/mol. The Morgan fingerprint density at radius 3 is 1.33 bits per heavy atom. The number of rotatable bonds is 8. The fourth-order valence-corrected chi connectivity index (χ4v) is 14.7. The largest absolute Gasteiger partial charge is 0.454 e. The lowest BCUT2D eigenvalue weighted by Gasteiger charge is -2.53. The van der Waals surface area contributed by atoms with E-state index in [1.165, 1.54) is 65.7 Å². The van der Waals surface area contributed by atoms with Crippen LogP contribution in [0.2, 0.25) is 0 Å². The van der Waals surface area contributed by atoms with Gasteiger partial charge in [-0.15, -0.1) is 0 Å². The van der Waals surface area contributed by atoms with E-state index in [-0.39, 0.29) is 10.8 Å². The number of nitrogens with zero attached hydrogens (tertiary/aromatic N) is 2. The van der Waals surface area contributed by atoms with Gasteiger partial charge in [0.25, 0.3) is 0 Å². The molecule has 0 saturated carbocycles. The summed E-state index contributed by atoms with van der Waals surface area (Å²) in [5.74, 6) is 0.647. The minimum Gasteiger partial charge on any atom is -0.454 e. The topological polar surface area (TPSA) is 32.8 Å². The van der Waals surface area contributed by atoms with Crippen molar-refractivity contribution in [2.24, 2.45) is 10.8 Å². The van der Waals surface area contributed by atoms with Gasteiger partial charge in [-0.1, -0.05) is 203 Å². The molecular formula is C75H66N2O2. The van der Waals surface area contributed by atoms with Crippen LogP contribution in [0.25, 0.3) is 87.3 Å². The Labute approximate surface area is 463 Å². The molecule has 0 atom stereocenters. The number of para-hydroxylation sites is 6. The third-order valence-corrected chi connectivity index (χ3v) is 17.6. The third-order valence-electron chi connectivity index (χ3n) is 17.6. The van der Waals surface area contributed by atoms with Crippen LogP contribution in [0, 0.1) is 10.8 Å². The van der Waals surface area contributed by atoms with Gasteiger partial charge in [0.2, 0.25) is 0 Å². The molecule has 4 nitrogen and oxygen atoms in total. The molecule has 11 aromatic carbocycles. The van der Waals surface area contributed by atoms with Crippen LogP contribution in [-0.4, -0.2) is 0 Å². The van der Waals surface area contributed by atoms with Gasteiger partial charge in [0.1, 0.15) is 11.2 Å². The highest BCUT2D eigenvalue weighted by molar-refractivity contribution is 6.21. The van der Waals surface area contributed by atoms with Gasteiger partial charge < -0.3 is 18.6 Å². The fourth-order valence-electron chi connectivity index (χ4n) is 14.7. The Kier molecular flexibility index (Phi) is 10.9. The lowest BCUT2D eigenvalue weighted by molar-refractivity contribution is 0.0965. The van der Waals surface area contributed by atoms with Crippen LogP contribution >= 0.6 is 0 Å². The van der Waals surface area contributed by atoms with Crippen molar-refractivity contribution in [1.29, 1.82) is 0 Å². The van der Waals surface area contributed by atoms with Crippen molar-refractivity contribution < 1.29 is 8.83 Å². The summed E-state index contributed by atoms with van der Waals surface area (Å²) in [7, 11) is 0. The molecule has 13 aromatic rings. The van der Waals surface area contributed by atoms with Crippen molar-refractivity contribution in [3.05, 3.63) is 229 Å². The molecule has 0 aliphatic heterocycles. The summed E-state index contributed by atoms with van der Waals surface area (Å²) < 4.78 is 14.1. The summed E-state index contributed by atoms with van der Waals surface area (Å²) in [4.78, 5) is 4.79. The Morgan fingerprint density at radius 2 is 0.810 bits per heavy atom. The Balaban J connectivity index is 1.00. The molecule has 0 bridgehead atoms. The number of benzene rings is 11. The van der Waals surface area contributed by atoms with Gasteiger partial charge in [-0.2, -0.15) is 0 Å². The minimum absolute atomic E-state index is 0.228. The average molecular weight is 1030 g/mol. The lowest BCUT2D eigenvalue weighted by Crippen LogP contribution is -2.50. The van der Waals surface area contributed by atoms with Crippen LogP contribution in [0.1, 0.15) is 103 Å². The van der Waals surface area contributed by atoms with E-state index < -0.39 is 5.41 Å². The second-order valence-corrected chi connectivity index (χ2v) is 24.8. The van der Waals surface area contributed by atoms with E-state index in [1.807, 2.05) is 0 Å². The summed E-state index contributed by atoms with van der Waals surface area (Å²) in [6.07, 6.45) is 0. The number of anilines is 6. The molecule has 1 aliphatic rings. The highest BCUT2D eigenvalue weighted by Crippen LogP contribution is 2.68. The number of hydrogen-bond acceptors (Lipinski definition) is 4. The van der Waals surface area contributed by atoms with Gasteiger partial charge in [-0.05, 0) is 161 Å². The van der Waals surface area contributed by atoms with E-state index in [9.17, 15) is 0 Å². The average Bonchev–Trinajstić information content (AvgIpc) is 3.54. The molecule has 4 heteroatoms. The van der Waals surface area contributed by atoms with Gasteiger partial charge in [-0.25, -0.2) is 0 Å². The fraction of sp³-hybridized carbons (Fsp3) is 0.200. The van der Waals surface area contributed by atoms with E-state index in [0.717, 1.165) is 78.0 Å². The van der Waals surface area contributed by atoms with Crippen molar-refractivity contribution in [1.82, 2.24) is 0 Å². The summed E-state index contributed by atoms with van der Waals surface area (Å²) in [6, 6.07) is 76.4. The van der Waals surface area contributed by atoms with Crippen molar-refractivity contribution in [3.8, 4) is 11.1 Å². The first-order valence-corrected chi connectivity index (χ1v) is 28.3. The van der Waals surface area contributed by atoms with E-state index in [4.69, 9.17) is 8.83 Å². The zero-order valence-corrected chi connectivity index (χ0v) is 47.0. The number of furan rings is 2. The first kappa shape index (κ1) is 48.7. The third kappa shape index (κ3) is 7.12. The van der Waals surface area contributed by atoms with Gasteiger partial charge in [-0.3, -0.25) is 0 Å². The second-order valence-electron chi connectivity index (χ2n) is 24.8. The van der Waals surface area contributed by atoms with Crippen LogP contribution in [-0.2, 0) is 5.41 Å². The minimum atomic E-state index is -0.432. The van der Waals surface area contributed by atoms with Crippen LogP contribution in [0.15, 0.2) is 215 Å². The molecule has 14 rings (SSSR count). The predicted octanol–water partition coefficient (Wildman–Crippen LogP) is 22.5. The quantitative estimate of drug-likeness (QED) is 0.142. The first-order chi connectivity index (χ1) is 38.1. The Morgan fingerprint density at radius 1 is 0.354 bits per heavy atom. The smallest absolute Gasteiger partial charge is 0.159 e. The summed E-state index contributed by atoms with van der Waals surface area (Å²) in [5.41, 5.74) is 17.0. The van der Waals surface area contributed by atoms with E-state index in [0.29, 0.717) is 11.8 Å². The lowest BCUT2D eigenvalue weighted by atomic mass is 9.49. The molecule has 0 amide bonds. The molecule has 0 saturated heterocycles. The van der Waals surface area contributed by atoms with Crippen molar-refractivity contribution in [3.63, 3.8) is 0 Å². The van der Waals surface area contributed by atoms with Crippen molar-refractivity contribution in [2.75, 3.05) is 9.80 Å². The maximum Gasteiger partial charge on any atom is 0.159 e. The van der Waals surface area contributed by atoms with Gasteiger partial charge in [0.15, 0.2) is 11.2 Å². The normalized spacial score (nSPS) is 13.5. The van der Waals surface area contributed by atoms with Crippen LogP contribution in [0.4, 0.5) is 34.1 Å². The molecule has 1 aliphatic carbocycles. The van der Waals surface area contributed by atoms with Crippen LogP contribution < -0.4 is 9.80 Å². The first-order valence-electron chi connectivity index (χ1n) is 28.3. The van der Waals surface area contributed by atoms with Crippen molar-refractivity contribution in [2.45, 2.75) is 86.5 Å². The predicted molar refractivity (Wildman–Crippen MR) is 336 cm³/mol. The molecule has 0 N–H and O–H groups in total. The molecule has 2 heterocycles. The van der Waals surface area contributed by atoms with Crippen molar-refractivity contribution >= 4 is 110 Å². The highest BCUT2D eigenvalue weighted by Gasteiger charge is 2.59. The number of hydrogen-bond donors (Lipinski definition) is 0. The summed E-state index contributed by atoms with van der Waals surface area (Å²) in [5, 5.41) is 12.0. The highest BCUT2D eigenvalue weighted by atomic mass is 16.3.